The molecule has 0 spiro atoms. The molecule has 2 aliphatic rings. The van der Waals surface area contributed by atoms with Crippen molar-refractivity contribution in [2.75, 3.05) is 25.1 Å². The quantitative estimate of drug-likeness (QED) is 0.835. The summed E-state index contributed by atoms with van der Waals surface area (Å²) in [6, 6.07) is 0. The molecule has 1 aliphatic heterocycles. The number of rotatable bonds is 5. The Balaban J connectivity index is 1.79. The Morgan fingerprint density at radius 2 is 2.00 bits per heavy atom. The lowest BCUT2D eigenvalue weighted by atomic mass is 10.0. The average molecular weight is 326 g/mol. The number of anilines is 1. The van der Waals surface area contributed by atoms with Crippen molar-refractivity contribution in [3.8, 4) is 0 Å². The largest absolute Gasteiger partial charge is 0.379 e. The fourth-order valence-electron chi connectivity index (χ4n) is 3.68. The molecule has 1 aliphatic carbocycles. The molecular weight excluding hydrogens is 302 g/mol. The molecule has 5 nitrogen and oxygen atoms in total. The first-order valence-electron chi connectivity index (χ1n) is 8.24. The highest BCUT2D eigenvalue weighted by molar-refractivity contribution is 6.33. The highest BCUT2D eigenvalue weighted by Gasteiger charge is 2.26. The molecule has 1 aromatic heterocycles. The summed E-state index contributed by atoms with van der Waals surface area (Å²) in [6.07, 6.45) is 8.92. The number of halogens is 1. The van der Waals surface area contributed by atoms with Crippen LogP contribution in [0, 0.1) is 5.92 Å². The maximum atomic E-state index is 12.5. The van der Waals surface area contributed by atoms with Crippen LogP contribution in [0.1, 0.15) is 38.5 Å². The third-order valence-electron chi connectivity index (χ3n) is 4.99. The number of hydrogen-bond acceptors (Lipinski definition) is 4. The normalized spacial score (nSPS) is 20.7. The van der Waals surface area contributed by atoms with Crippen molar-refractivity contribution >= 4 is 17.3 Å². The maximum Gasteiger partial charge on any atom is 0.287 e. The Bertz CT molecular complexity index is 563. The summed E-state index contributed by atoms with van der Waals surface area (Å²) in [5.41, 5.74) is 0.571. The summed E-state index contributed by atoms with van der Waals surface area (Å²) in [5.74, 6) is 0.524. The van der Waals surface area contributed by atoms with Crippen LogP contribution < -0.4 is 10.5 Å². The van der Waals surface area contributed by atoms with Crippen molar-refractivity contribution in [1.82, 2.24) is 9.78 Å². The Morgan fingerprint density at radius 1 is 1.32 bits per heavy atom. The molecule has 0 N–H and O–H groups in total. The molecule has 1 unspecified atom stereocenters. The van der Waals surface area contributed by atoms with Crippen LogP contribution in [0.15, 0.2) is 11.0 Å². The standard InChI is InChI=1S/C16H24ClN3O2/c1-22-14(12-6-2-3-7-12)11-20-16(21)15(17)13(10-18-20)19-8-4-5-9-19/h10,12,14H,2-9,11H2,1H3. The van der Waals surface area contributed by atoms with E-state index in [9.17, 15) is 4.79 Å². The summed E-state index contributed by atoms with van der Waals surface area (Å²) < 4.78 is 7.08. The maximum absolute atomic E-state index is 12.5. The molecule has 0 bridgehead atoms. The van der Waals surface area contributed by atoms with Gasteiger partial charge in [-0.25, -0.2) is 4.68 Å². The van der Waals surface area contributed by atoms with Gasteiger partial charge in [0.25, 0.3) is 5.56 Å². The highest BCUT2D eigenvalue weighted by Crippen LogP contribution is 2.30. The number of nitrogens with zero attached hydrogens (tertiary/aromatic N) is 3. The molecule has 0 radical (unpaired) electrons. The van der Waals surface area contributed by atoms with Crippen LogP contribution in [0.2, 0.25) is 5.02 Å². The van der Waals surface area contributed by atoms with E-state index in [0.29, 0.717) is 12.5 Å². The minimum absolute atomic E-state index is 0.0430. The van der Waals surface area contributed by atoms with Gasteiger partial charge in [0.15, 0.2) is 0 Å². The van der Waals surface area contributed by atoms with Gasteiger partial charge in [-0.2, -0.15) is 5.10 Å². The van der Waals surface area contributed by atoms with Crippen molar-refractivity contribution < 1.29 is 4.74 Å². The number of ether oxygens (including phenoxy) is 1. The summed E-state index contributed by atoms with van der Waals surface area (Å²) in [5, 5.41) is 4.63. The predicted molar refractivity (Wildman–Crippen MR) is 87.7 cm³/mol. The lowest BCUT2D eigenvalue weighted by Gasteiger charge is -2.23. The third kappa shape index (κ3) is 3.15. The fraction of sp³-hybridized carbons (Fsp3) is 0.750. The summed E-state index contributed by atoms with van der Waals surface area (Å²) in [7, 11) is 1.72. The molecule has 6 heteroatoms. The second kappa shape index (κ2) is 7.01. The lowest BCUT2D eigenvalue weighted by Crippen LogP contribution is -2.34. The van der Waals surface area contributed by atoms with Crippen molar-refractivity contribution in [3.05, 3.63) is 21.6 Å². The fourth-order valence-corrected chi connectivity index (χ4v) is 3.95. The van der Waals surface area contributed by atoms with E-state index in [2.05, 4.69) is 10.00 Å². The topological polar surface area (TPSA) is 47.4 Å². The smallest absolute Gasteiger partial charge is 0.287 e. The molecule has 3 rings (SSSR count). The number of aromatic nitrogens is 2. The predicted octanol–water partition coefficient (Wildman–Crippen LogP) is 2.70. The Hall–Kier alpha value is -1.07. The Morgan fingerprint density at radius 3 is 2.64 bits per heavy atom. The van der Waals surface area contributed by atoms with Crippen LogP contribution in [-0.4, -0.2) is 36.1 Å². The number of methoxy groups -OCH3 is 1. The molecule has 22 heavy (non-hydrogen) atoms. The van der Waals surface area contributed by atoms with E-state index in [4.69, 9.17) is 16.3 Å². The Kier molecular flexibility index (Phi) is 5.03. The number of hydrogen-bond donors (Lipinski definition) is 0. The van der Waals surface area contributed by atoms with Crippen LogP contribution >= 0.6 is 11.6 Å². The summed E-state index contributed by atoms with van der Waals surface area (Å²) in [4.78, 5) is 14.6. The molecule has 2 fully saturated rings. The van der Waals surface area contributed by atoms with Gasteiger partial charge in [0, 0.05) is 20.2 Å². The molecule has 1 saturated carbocycles. The summed E-state index contributed by atoms with van der Waals surface area (Å²) in [6.45, 7) is 2.39. The average Bonchev–Trinajstić information content (AvgIpc) is 3.21. The highest BCUT2D eigenvalue weighted by atomic mass is 35.5. The molecule has 2 heterocycles. The molecule has 0 amide bonds. The second-order valence-electron chi connectivity index (χ2n) is 6.34. The molecule has 122 valence electrons. The zero-order valence-electron chi connectivity index (χ0n) is 13.1. The van der Waals surface area contributed by atoms with Crippen molar-refractivity contribution in [1.29, 1.82) is 0 Å². The van der Waals surface area contributed by atoms with Gasteiger partial charge < -0.3 is 9.64 Å². The van der Waals surface area contributed by atoms with Gasteiger partial charge in [0.05, 0.1) is 24.5 Å². The van der Waals surface area contributed by atoms with Crippen molar-refractivity contribution in [2.45, 2.75) is 51.2 Å². The van der Waals surface area contributed by atoms with Gasteiger partial charge in [0.1, 0.15) is 5.02 Å². The first-order valence-corrected chi connectivity index (χ1v) is 8.62. The first kappa shape index (κ1) is 15.8. The minimum Gasteiger partial charge on any atom is -0.379 e. The monoisotopic (exact) mass is 325 g/mol. The van der Waals surface area contributed by atoms with E-state index < -0.39 is 0 Å². The Labute approximate surface area is 136 Å². The molecule has 0 aromatic carbocycles. The van der Waals surface area contributed by atoms with Gasteiger partial charge in [-0.1, -0.05) is 24.4 Å². The minimum atomic E-state index is -0.203. The summed E-state index contributed by atoms with van der Waals surface area (Å²) >= 11 is 6.31. The van der Waals surface area contributed by atoms with E-state index in [-0.39, 0.29) is 16.7 Å². The van der Waals surface area contributed by atoms with Gasteiger partial charge >= 0.3 is 0 Å². The van der Waals surface area contributed by atoms with Gasteiger partial charge in [-0.15, -0.1) is 0 Å². The van der Waals surface area contributed by atoms with Gasteiger partial charge in [-0.05, 0) is 31.6 Å². The third-order valence-corrected chi connectivity index (χ3v) is 5.35. The van der Waals surface area contributed by atoms with Crippen molar-refractivity contribution in [3.63, 3.8) is 0 Å². The van der Waals surface area contributed by atoms with Crippen LogP contribution in [0.25, 0.3) is 0 Å². The SMILES string of the molecule is COC(Cn1ncc(N2CCCC2)c(Cl)c1=O)C1CCCC1. The molecule has 1 aromatic rings. The van der Waals surface area contributed by atoms with Crippen LogP contribution in [0.3, 0.4) is 0 Å². The zero-order valence-corrected chi connectivity index (χ0v) is 13.9. The molecule has 1 saturated heterocycles. The van der Waals surface area contributed by atoms with Crippen LogP contribution in [0.5, 0.6) is 0 Å². The molecule has 1 atom stereocenters. The van der Waals surface area contributed by atoms with Gasteiger partial charge in [0.2, 0.25) is 0 Å². The van der Waals surface area contributed by atoms with E-state index >= 15 is 0 Å². The van der Waals surface area contributed by atoms with E-state index in [1.54, 1.807) is 13.3 Å². The van der Waals surface area contributed by atoms with Crippen LogP contribution in [-0.2, 0) is 11.3 Å². The van der Waals surface area contributed by atoms with E-state index in [1.807, 2.05) is 0 Å². The van der Waals surface area contributed by atoms with Gasteiger partial charge in [-0.3, -0.25) is 4.79 Å². The van der Waals surface area contributed by atoms with E-state index in [1.165, 1.54) is 30.4 Å². The van der Waals surface area contributed by atoms with Crippen LogP contribution in [0.4, 0.5) is 5.69 Å². The second-order valence-corrected chi connectivity index (χ2v) is 6.72. The van der Waals surface area contributed by atoms with Crippen molar-refractivity contribution in [2.24, 2.45) is 5.92 Å². The first-order chi connectivity index (χ1) is 10.7. The lowest BCUT2D eigenvalue weighted by molar-refractivity contribution is 0.0370. The van der Waals surface area contributed by atoms with E-state index in [0.717, 1.165) is 31.6 Å². The zero-order chi connectivity index (χ0) is 15.5. The molecular formula is C16H24ClN3O2.